The van der Waals surface area contributed by atoms with E-state index < -0.39 is 35.8 Å². The molecule has 0 aromatic carbocycles. The molecule has 0 aliphatic carbocycles. The van der Waals surface area contributed by atoms with Gasteiger partial charge in [0.1, 0.15) is 18.3 Å². The predicted molar refractivity (Wildman–Crippen MR) is 72.1 cm³/mol. The molecule has 110 valence electrons. The molecule has 1 aliphatic rings. The molecule has 2 heterocycles. The minimum absolute atomic E-state index is 0.0843. The van der Waals surface area contributed by atoms with Gasteiger partial charge < -0.3 is 25.0 Å². The number of halogens is 1. The third-order valence-electron chi connectivity index (χ3n) is 3.05. The zero-order chi connectivity index (χ0) is 15.0. The van der Waals surface area contributed by atoms with Crippen molar-refractivity contribution in [1.29, 1.82) is 0 Å². The molecular weight excluding hydrogens is 336 g/mol. The number of nitrogens with zero attached hydrogens (tertiary/aromatic N) is 1. The molecule has 1 unspecified atom stereocenters. The monoisotopic (exact) mass is 348 g/mol. The Labute approximate surface area is 121 Å². The highest BCUT2D eigenvalue weighted by molar-refractivity contribution is 9.10. The van der Waals surface area contributed by atoms with Crippen LogP contribution >= 0.6 is 15.9 Å². The summed E-state index contributed by atoms with van der Waals surface area (Å²) >= 11 is 3.02. The molecule has 1 aliphatic heterocycles. The van der Waals surface area contributed by atoms with Crippen LogP contribution in [0.25, 0.3) is 6.08 Å². The van der Waals surface area contributed by atoms with Crippen LogP contribution in [0.2, 0.25) is 0 Å². The number of aromatic nitrogens is 2. The molecule has 1 aromatic heterocycles. The van der Waals surface area contributed by atoms with Crippen LogP contribution in [0.15, 0.2) is 20.8 Å². The molecule has 8 nitrogen and oxygen atoms in total. The summed E-state index contributed by atoms with van der Waals surface area (Å²) in [4.78, 5) is 26.4. The number of H-pyrrole nitrogens is 1. The Kier molecular flexibility index (Phi) is 4.25. The summed E-state index contributed by atoms with van der Waals surface area (Å²) in [7, 11) is 0. The second kappa shape index (κ2) is 5.62. The lowest BCUT2D eigenvalue weighted by Gasteiger charge is -2.35. The van der Waals surface area contributed by atoms with Crippen LogP contribution in [0, 0.1) is 0 Å². The summed E-state index contributed by atoms with van der Waals surface area (Å²) in [6.07, 6.45) is -4.58. The van der Waals surface area contributed by atoms with E-state index in [0.717, 1.165) is 0 Å². The van der Waals surface area contributed by atoms with E-state index in [1.807, 2.05) is 0 Å². The fourth-order valence-electron chi connectivity index (χ4n) is 1.96. The van der Waals surface area contributed by atoms with E-state index in [4.69, 9.17) is 4.74 Å². The Hall–Kier alpha value is -1.26. The molecule has 1 aromatic rings. The third-order valence-corrected chi connectivity index (χ3v) is 3.68. The zero-order valence-electron chi connectivity index (χ0n) is 10.2. The number of hydrogen-bond acceptors (Lipinski definition) is 6. The Morgan fingerprint density at radius 1 is 1.35 bits per heavy atom. The summed E-state index contributed by atoms with van der Waals surface area (Å²) < 4.78 is 5.89. The van der Waals surface area contributed by atoms with Crippen molar-refractivity contribution in [2.45, 2.75) is 24.5 Å². The standard InChI is InChI=1S/C11H13BrN2O6/c1-2-4-8(12)13-11(19)14(9(4)18)10-7(17)6(16)5(15)3-20-10/h2,5-7,10,15-17H,1,3H2,(H,13,19)/t5-,6-,7+,10?/m1/s1. The van der Waals surface area contributed by atoms with Gasteiger partial charge in [0.2, 0.25) is 0 Å². The Bertz CT molecular complexity index is 639. The van der Waals surface area contributed by atoms with E-state index >= 15 is 0 Å². The number of hydrogen-bond donors (Lipinski definition) is 4. The lowest BCUT2D eigenvalue weighted by atomic mass is 10.0. The average Bonchev–Trinajstić information content (AvgIpc) is 2.38. The molecule has 4 atom stereocenters. The fourth-order valence-corrected chi connectivity index (χ4v) is 2.46. The molecule has 0 spiro atoms. The first kappa shape index (κ1) is 15.1. The van der Waals surface area contributed by atoms with Crippen molar-refractivity contribution in [3.05, 3.63) is 37.6 Å². The van der Waals surface area contributed by atoms with E-state index in [9.17, 15) is 24.9 Å². The lowest BCUT2D eigenvalue weighted by molar-refractivity contribution is -0.212. The van der Waals surface area contributed by atoms with Gasteiger partial charge in [-0.25, -0.2) is 9.36 Å². The Balaban J connectivity index is 2.56. The number of rotatable bonds is 2. The average molecular weight is 349 g/mol. The molecule has 9 heteroatoms. The Morgan fingerprint density at radius 3 is 2.60 bits per heavy atom. The van der Waals surface area contributed by atoms with Gasteiger partial charge in [0.05, 0.1) is 16.8 Å². The first-order valence-electron chi connectivity index (χ1n) is 5.71. The molecular formula is C11H13BrN2O6. The molecule has 0 radical (unpaired) electrons. The molecule has 1 saturated heterocycles. The summed E-state index contributed by atoms with van der Waals surface area (Å²) in [5.41, 5.74) is -1.47. The van der Waals surface area contributed by atoms with Gasteiger partial charge in [0.15, 0.2) is 6.23 Å². The first-order chi connectivity index (χ1) is 9.38. The zero-order valence-corrected chi connectivity index (χ0v) is 11.8. The van der Waals surface area contributed by atoms with E-state index in [1.165, 1.54) is 6.08 Å². The van der Waals surface area contributed by atoms with Crippen molar-refractivity contribution >= 4 is 22.0 Å². The first-order valence-corrected chi connectivity index (χ1v) is 6.50. The minimum atomic E-state index is -1.61. The molecule has 4 N–H and O–H groups in total. The highest BCUT2D eigenvalue weighted by Gasteiger charge is 2.40. The number of nitrogens with one attached hydrogen (secondary N) is 1. The third kappa shape index (κ3) is 2.38. The van der Waals surface area contributed by atoms with Gasteiger partial charge >= 0.3 is 5.69 Å². The van der Waals surface area contributed by atoms with E-state index in [0.29, 0.717) is 4.57 Å². The smallest absolute Gasteiger partial charge is 0.331 e. The molecule has 20 heavy (non-hydrogen) atoms. The van der Waals surface area contributed by atoms with Gasteiger partial charge in [-0.05, 0) is 15.9 Å². The molecule has 1 fully saturated rings. The quantitative estimate of drug-likeness (QED) is 0.485. The van der Waals surface area contributed by atoms with Crippen molar-refractivity contribution in [2.24, 2.45) is 0 Å². The normalized spacial score (nSPS) is 30.2. The maximum absolute atomic E-state index is 12.2. The summed E-state index contributed by atoms with van der Waals surface area (Å²) in [5, 5.41) is 28.8. The summed E-state index contributed by atoms with van der Waals surface area (Å²) in [6, 6.07) is 0. The van der Waals surface area contributed by atoms with Gasteiger partial charge in [0.25, 0.3) is 5.56 Å². The number of aromatic amines is 1. The maximum Gasteiger partial charge on any atom is 0.331 e. The van der Waals surface area contributed by atoms with Crippen molar-refractivity contribution in [3.8, 4) is 0 Å². The SMILES string of the molecule is C=Cc1c(Br)[nH]c(=O)n(C2OC[C@@H](O)[C@@H](O)[C@@H]2O)c1=O. The highest BCUT2D eigenvalue weighted by Crippen LogP contribution is 2.22. The van der Waals surface area contributed by atoms with E-state index in [1.54, 1.807) is 0 Å². The van der Waals surface area contributed by atoms with Gasteiger partial charge in [0, 0.05) is 0 Å². The lowest BCUT2D eigenvalue weighted by Crippen LogP contribution is -2.55. The Morgan fingerprint density at radius 2 is 2.00 bits per heavy atom. The van der Waals surface area contributed by atoms with Crippen LogP contribution in [0.5, 0.6) is 0 Å². The topological polar surface area (TPSA) is 125 Å². The van der Waals surface area contributed by atoms with Gasteiger partial charge in [-0.1, -0.05) is 12.7 Å². The van der Waals surface area contributed by atoms with Crippen molar-refractivity contribution in [3.63, 3.8) is 0 Å². The molecule has 2 rings (SSSR count). The summed E-state index contributed by atoms with van der Waals surface area (Å²) in [5.74, 6) is 0. The second-order valence-electron chi connectivity index (χ2n) is 4.31. The number of aliphatic hydroxyl groups excluding tert-OH is 3. The predicted octanol–water partition coefficient (Wildman–Crippen LogP) is -1.45. The van der Waals surface area contributed by atoms with Crippen LogP contribution < -0.4 is 11.2 Å². The van der Waals surface area contributed by atoms with Crippen molar-refractivity contribution < 1.29 is 20.1 Å². The van der Waals surface area contributed by atoms with Gasteiger partial charge in [-0.3, -0.25) is 4.79 Å². The number of ether oxygens (including phenoxy) is 1. The van der Waals surface area contributed by atoms with Crippen LogP contribution in [0.3, 0.4) is 0 Å². The van der Waals surface area contributed by atoms with Crippen LogP contribution in [-0.4, -0.2) is 49.8 Å². The molecule has 0 amide bonds. The summed E-state index contributed by atoms with van der Waals surface area (Å²) in [6.45, 7) is 3.15. The molecule has 0 bridgehead atoms. The maximum atomic E-state index is 12.2. The van der Waals surface area contributed by atoms with Crippen molar-refractivity contribution in [1.82, 2.24) is 9.55 Å². The second-order valence-corrected chi connectivity index (χ2v) is 5.10. The molecule has 0 saturated carbocycles. The number of aliphatic hydroxyl groups is 3. The minimum Gasteiger partial charge on any atom is -0.388 e. The van der Waals surface area contributed by atoms with Gasteiger partial charge in [-0.2, -0.15) is 0 Å². The largest absolute Gasteiger partial charge is 0.388 e. The fraction of sp³-hybridized carbons (Fsp3) is 0.455. The van der Waals surface area contributed by atoms with Crippen molar-refractivity contribution in [2.75, 3.05) is 6.61 Å². The van der Waals surface area contributed by atoms with E-state index in [-0.39, 0.29) is 16.8 Å². The van der Waals surface area contributed by atoms with Crippen LogP contribution in [0.1, 0.15) is 11.8 Å². The van der Waals surface area contributed by atoms with Gasteiger partial charge in [-0.15, -0.1) is 0 Å². The van der Waals surface area contributed by atoms with Crippen LogP contribution in [-0.2, 0) is 4.74 Å². The highest BCUT2D eigenvalue weighted by atomic mass is 79.9. The van der Waals surface area contributed by atoms with Crippen LogP contribution in [0.4, 0.5) is 0 Å². The van der Waals surface area contributed by atoms with E-state index in [2.05, 4.69) is 27.5 Å².